The number of fused-ring (bicyclic) bond motifs is 5. The van der Waals surface area contributed by atoms with Crippen LogP contribution in [0.15, 0.2) is 69.3 Å². The number of hydrogen-bond donors (Lipinski definition) is 3. The molecule has 3 aliphatic rings. The summed E-state index contributed by atoms with van der Waals surface area (Å²) in [5.41, 5.74) is 3.36. The van der Waals surface area contributed by atoms with Crippen LogP contribution in [-0.2, 0) is 9.47 Å². The SMILES string of the molecule is CC[C@@]12CN=C(NC(=O)OCC3c4ccccc4-c4ccccc43)NC([C@H](n3cc(C)c(=O)[nH]c3=O)O1)[C@H]2C. The van der Waals surface area contributed by atoms with E-state index in [0.29, 0.717) is 18.5 Å². The minimum Gasteiger partial charge on any atom is -0.448 e. The number of amides is 1. The molecule has 4 atom stereocenters. The van der Waals surface area contributed by atoms with Gasteiger partial charge < -0.3 is 14.8 Å². The molecule has 202 valence electrons. The van der Waals surface area contributed by atoms with Crippen molar-refractivity contribution in [3.8, 4) is 11.1 Å². The molecule has 2 bridgehead atoms. The number of nitrogens with one attached hydrogen (secondary N) is 3. The van der Waals surface area contributed by atoms with Gasteiger partial charge in [0, 0.05) is 23.6 Å². The zero-order valence-electron chi connectivity index (χ0n) is 22.1. The van der Waals surface area contributed by atoms with Gasteiger partial charge in [-0.3, -0.25) is 19.7 Å². The lowest BCUT2D eigenvalue weighted by Crippen LogP contribution is -2.50. The molecule has 10 nitrogen and oxygen atoms in total. The second kappa shape index (κ2) is 9.53. The molecule has 1 fully saturated rings. The van der Waals surface area contributed by atoms with Crippen LogP contribution in [0.4, 0.5) is 4.79 Å². The number of carbonyl (C=O) groups excluding carboxylic acids is 1. The second-order valence-corrected chi connectivity index (χ2v) is 10.5. The molecule has 2 aromatic carbocycles. The van der Waals surface area contributed by atoms with E-state index in [9.17, 15) is 14.4 Å². The van der Waals surface area contributed by atoms with Crippen molar-refractivity contribution in [3.63, 3.8) is 0 Å². The Morgan fingerprint density at radius 1 is 1.15 bits per heavy atom. The van der Waals surface area contributed by atoms with E-state index < -0.39 is 29.2 Å². The van der Waals surface area contributed by atoms with Gasteiger partial charge in [0.1, 0.15) is 6.61 Å². The molecule has 1 aliphatic carbocycles. The van der Waals surface area contributed by atoms with E-state index in [2.05, 4.69) is 44.9 Å². The zero-order valence-corrected chi connectivity index (χ0v) is 22.1. The van der Waals surface area contributed by atoms with Crippen LogP contribution in [0.2, 0.25) is 0 Å². The van der Waals surface area contributed by atoms with Crippen molar-refractivity contribution in [1.29, 1.82) is 0 Å². The summed E-state index contributed by atoms with van der Waals surface area (Å²) in [6, 6.07) is 15.9. The van der Waals surface area contributed by atoms with Crippen LogP contribution in [-0.4, -0.2) is 46.4 Å². The van der Waals surface area contributed by atoms with Crippen LogP contribution in [0.1, 0.15) is 49.1 Å². The Balaban J connectivity index is 1.19. The topological polar surface area (TPSA) is 127 Å². The van der Waals surface area contributed by atoms with Crippen molar-refractivity contribution in [1.82, 2.24) is 20.2 Å². The lowest BCUT2D eigenvalue weighted by Gasteiger charge is -2.29. The van der Waals surface area contributed by atoms with Gasteiger partial charge in [0.25, 0.3) is 5.56 Å². The number of rotatable bonds is 4. The first kappa shape index (κ1) is 25.1. The summed E-state index contributed by atoms with van der Waals surface area (Å²) < 4.78 is 13.5. The number of aromatic nitrogens is 2. The minimum absolute atomic E-state index is 0.0443. The van der Waals surface area contributed by atoms with Crippen LogP contribution >= 0.6 is 0 Å². The fourth-order valence-corrected chi connectivity index (χ4v) is 6.12. The van der Waals surface area contributed by atoms with Gasteiger partial charge in [0.15, 0.2) is 6.23 Å². The molecule has 10 heteroatoms. The van der Waals surface area contributed by atoms with Crippen LogP contribution in [0.5, 0.6) is 0 Å². The van der Waals surface area contributed by atoms with E-state index in [4.69, 9.17) is 9.47 Å². The molecule has 3 N–H and O–H groups in total. The highest BCUT2D eigenvalue weighted by Crippen LogP contribution is 2.45. The molecule has 2 aliphatic heterocycles. The van der Waals surface area contributed by atoms with E-state index in [0.717, 1.165) is 22.3 Å². The number of H-pyrrole nitrogens is 1. The maximum absolute atomic E-state index is 12.9. The van der Waals surface area contributed by atoms with Gasteiger partial charge in [-0.1, -0.05) is 62.4 Å². The maximum atomic E-state index is 12.9. The molecule has 1 unspecified atom stereocenters. The average Bonchev–Trinajstić information content (AvgIpc) is 3.34. The largest absolute Gasteiger partial charge is 0.448 e. The number of alkyl carbamates (subject to hydrolysis) is 1. The van der Waals surface area contributed by atoms with Crippen LogP contribution in [0.3, 0.4) is 0 Å². The van der Waals surface area contributed by atoms with Crippen LogP contribution in [0, 0.1) is 12.8 Å². The number of nitrogens with zero attached hydrogens (tertiary/aromatic N) is 2. The summed E-state index contributed by atoms with van der Waals surface area (Å²) in [4.78, 5) is 44.5. The zero-order chi connectivity index (χ0) is 27.3. The number of guanidine groups is 1. The molecule has 1 saturated heterocycles. The summed E-state index contributed by atoms with van der Waals surface area (Å²) in [5, 5.41) is 6.04. The van der Waals surface area contributed by atoms with Crippen molar-refractivity contribution < 1.29 is 14.3 Å². The van der Waals surface area contributed by atoms with Gasteiger partial charge in [-0.05, 0) is 35.6 Å². The second-order valence-electron chi connectivity index (χ2n) is 10.5. The number of benzene rings is 2. The third kappa shape index (κ3) is 4.15. The lowest BCUT2D eigenvalue weighted by atomic mass is 9.84. The molecular weight excluding hydrogens is 498 g/mol. The minimum atomic E-state index is -0.696. The Kier molecular flexibility index (Phi) is 6.14. The molecule has 3 aromatic rings. The van der Waals surface area contributed by atoms with Gasteiger partial charge in [-0.15, -0.1) is 0 Å². The normalized spacial score (nSPS) is 25.2. The van der Waals surface area contributed by atoms with Crippen molar-refractivity contribution in [2.75, 3.05) is 13.2 Å². The third-order valence-electron chi connectivity index (χ3n) is 8.42. The fraction of sp³-hybridized carbons (Fsp3) is 0.379. The average molecular weight is 530 g/mol. The highest BCUT2D eigenvalue weighted by Gasteiger charge is 2.54. The number of aliphatic imine (C=N–C) groups is 1. The Labute approximate surface area is 225 Å². The van der Waals surface area contributed by atoms with Crippen molar-refractivity contribution in [2.24, 2.45) is 10.9 Å². The van der Waals surface area contributed by atoms with Gasteiger partial charge >= 0.3 is 11.8 Å². The third-order valence-corrected chi connectivity index (χ3v) is 8.42. The summed E-state index contributed by atoms with van der Waals surface area (Å²) >= 11 is 0. The summed E-state index contributed by atoms with van der Waals surface area (Å²) in [5.74, 6) is 0.166. The number of ether oxygens (including phenoxy) is 2. The Bertz CT molecular complexity index is 1550. The van der Waals surface area contributed by atoms with Gasteiger partial charge in [0.2, 0.25) is 5.96 Å². The smallest absolute Gasteiger partial charge is 0.413 e. The molecule has 6 rings (SSSR count). The molecular formula is C29H31N5O5. The van der Waals surface area contributed by atoms with Gasteiger partial charge in [0.05, 0.1) is 18.2 Å². The van der Waals surface area contributed by atoms with Gasteiger partial charge in [-0.2, -0.15) is 0 Å². The predicted molar refractivity (Wildman–Crippen MR) is 146 cm³/mol. The maximum Gasteiger partial charge on any atom is 0.413 e. The quantitative estimate of drug-likeness (QED) is 0.477. The van der Waals surface area contributed by atoms with Crippen molar-refractivity contribution in [3.05, 3.63) is 92.3 Å². The van der Waals surface area contributed by atoms with Crippen molar-refractivity contribution in [2.45, 2.75) is 51.0 Å². The molecule has 3 heterocycles. The van der Waals surface area contributed by atoms with E-state index in [1.165, 1.54) is 10.8 Å². The molecule has 1 amide bonds. The highest BCUT2D eigenvalue weighted by atomic mass is 16.6. The Morgan fingerprint density at radius 3 is 2.49 bits per heavy atom. The Morgan fingerprint density at radius 2 is 1.82 bits per heavy atom. The van der Waals surface area contributed by atoms with Crippen LogP contribution < -0.4 is 21.9 Å². The number of aryl methyl sites for hydroxylation is 1. The summed E-state index contributed by atoms with van der Waals surface area (Å²) in [7, 11) is 0. The van der Waals surface area contributed by atoms with E-state index in [1.807, 2.05) is 38.1 Å². The number of carbonyl (C=O) groups is 1. The molecule has 0 radical (unpaired) electrons. The number of aromatic amines is 1. The van der Waals surface area contributed by atoms with Crippen LogP contribution in [0.25, 0.3) is 11.1 Å². The first-order valence-corrected chi connectivity index (χ1v) is 13.2. The first-order valence-electron chi connectivity index (χ1n) is 13.2. The molecule has 0 saturated carbocycles. The lowest BCUT2D eigenvalue weighted by molar-refractivity contribution is -0.0833. The van der Waals surface area contributed by atoms with E-state index in [1.54, 1.807) is 6.92 Å². The molecule has 39 heavy (non-hydrogen) atoms. The summed E-state index contributed by atoms with van der Waals surface area (Å²) in [6.45, 7) is 6.16. The molecule has 1 aromatic heterocycles. The van der Waals surface area contributed by atoms with Crippen molar-refractivity contribution >= 4 is 12.1 Å². The number of hydrogen-bond acceptors (Lipinski definition) is 7. The molecule has 0 spiro atoms. The standard InChI is InChI=1S/C29H31N5O5/c1-4-29-15-30-26(31-23(17(29)3)25(39-29)34-13-16(2)24(35)32-27(34)36)33-28(37)38-14-22-20-11-7-5-9-18(20)19-10-6-8-12-21(19)22/h5-13,17,22-23,25H,4,14-15H2,1-3H3,(H,32,35,36)(H2,30,31,33,37)/t17-,23?,25-,29+/m1/s1. The van der Waals surface area contributed by atoms with E-state index >= 15 is 0 Å². The fourth-order valence-electron chi connectivity index (χ4n) is 6.12. The summed E-state index contributed by atoms with van der Waals surface area (Å²) in [6.07, 6.45) is 0.851. The monoisotopic (exact) mass is 529 g/mol. The predicted octanol–water partition coefficient (Wildman–Crippen LogP) is 3.03. The Hall–Kier alpha value is -4.18. The van der Waals surface area contributed by atoms with E-state index in [-0.39, 0.29) is 30.4 Å². The first-order chi connectivity index (χ1) is 18.8. The highest BCUT2D eigenvalue weighted by molar-refractivity contribution is 5.94. The van der Waals surface area contributed by atoms with Gasteiger partial charge in [-0.25, -0.2) is 14.6 Å².